The first-order valence-corrected chi connectivity index (χ1v) is 9.11. The SMILES string of the molecule is CNC(=O)C(CC1CCCN1c1ccc(Cl)nn1)c1ccc(OC)cc1. The van der Waals surface area contributed by atoms with E-state index in [0.29, 0.717) is 5.15 Å². The van der Waals surface area contributed by atoms with Crippen LogP contribution < -0.4 is 15.0 Å². The van der Waals surface area contributed by atoms with E-state index in [2.05, 4.69) is 20.4 Å². The molecule has 1 aliphatic rings. The summed E-state index contributed by atoms with van der Waals surface area (Å²) in [5.41, 5.74) is 0.985. The molecule has 1 fully saturated rings. The van der Waals surface area contributed by atoms with Crippen molar-refractivity contribution in [3.05, 3.63) is 47.1 Å². The highest BCUT2D eigenvalue weighted by Crippen LogP contribution is 2.32. The van der Waals surface area contributed by atoms with Gasteiger partial charge < -0.3 is 15.0 Å². The molecule has 0 spiro atoms. The normalized spacial score (nSPS) is 17.8. The molecule has 1 aromatic heterocycles. The summed E-state index contributed by atoms with van der Waals surface area (Å²) in [4.78, 5) is 14.8. The van der Waals surface area contributed by atoms with Crippen LogP contribution >= 0.6 is 11.6 Å². The highest BCUT2D eigenvalue weighted by atomic mass is 35.5. The molecule has 3 rings (SSSR count). The van der Waals surface area contributed by atoms with Gasteiger partial charge in [0.1, 0.15) is 5.75 Å². The Hall–Kier alpha value is -2.34. The maximum atomic E-state index is 12.5. The van der Waals surface area contributed by atoms with Gasteiger partial charge in [0.25, 0.3) is 0 Å². The first-order valence-electron chi connectivity index (χ1n) is 8.73. The van der Waals surface area contributed by atoms with Crippen LogP contribution in [0.1, 0.15) is 30.7 Å². The Morgan fingerprint density at radius 2 is 2.08 bits per heavy atom. The third-order valence-corrected chi connectivity index (χ3v) is 5.08. The minimum Gasteiger partial charge on any atom is -0.497 e. The smallest absolute Gasteiger partial charge is 0.227 e. The van der Waals surface area contributed by atoms with Crippen LogP contribution in [0.25, 0.3) is 0 Å². The number of hydrogen-bond donors (Lipinski definition) is 1. The molecule has 2 heterocycles. The average Bonchev–Trinajstić information content (AvgIpc) is 3.14. The Morgan fingerprint density at radius 3 is 2.69 bits per heavy atom. The first kappa shape index (κ1) is 18.5. The van der Waals surface area contributed by atoms with Crippen molar-refractivity contribution < 1.29 is 9.53 Å². The number of benzene rings is 1. The number of likely N-dealkylation sites (N-methyl/N-ethyl adjacent to an activating group) is 1. The molecule has 1 saturated heterocycles. The first-order chi connectivity index (χ1) is 12.6. The standard InChI is InChI=1S/C19H23ClN4O2/c1-21-19(25)16(13-5-7-15(26-2)8-6-13)12-14-4-3-11-24(14)18-10-9-17(20)22-23-18/h5-10,14,16H,3-4,11-12H2,1-2H3,(H,21,25). The van der Waals surface area contributed by atoms with Gasteiger partial charge in [-0.15, -0.1) is 10.2 Å². The lowest BCUT2D eigenvalue weighted by Crippen LogP contribution is -2.35. The fourth-order valence-electron chi connectivity index (χ4n) is 3.52. The molecule has 2 aromatic rings. The van der Waals surface area contributed by atoms with Crippen LogP contribution in [0.3, 0.4) is 0 Å². The fourth-order valence-corrected chi connectivity index (χ4v) is 3.62. The zero-order chi connectivity index (χ0) is 18.5. The minimum absolute atomic E-state index is 0.0178. The number of hydrogen-bond acceptors (Lipinski definition) is 5. The predicted molar refractivity (Wildman–Crippen MR) is 102 cm³/mol. The molecule has 26 heavy (non-hydrogen) atoms. The number of amides is 1. The summed E-state index contributed by atoms with van der Waals surface area (Å²) in [5.74, 6) is 1.38. The number of nitrogens with zero attached hydrogens (tertiary/aromatic N) is 3. The minimum atomic E-state index is -0.225. The maximum absolute atomic E-state index is 12.5. The largest absolute Gasteiger partial charge is 0.497 e. The van der Waals surface area contributed by atoms with Crippen molar-refractivity contribution in [1.29, 1.82) is 0 Å². The van der Waals surface area contributed by atoms with E-state index >= 15 is 0 Å². The van der Waals surface area contributed by atoms with Gasteiger partial charge in [-0.25, -0.2) is 0 Å². The van der Waals surface area contributed by atoms with Gasteiger partial charge in [0, 0.05) is 19.6 Å². The number of anilines is 1. The Bertz CT molecular complexity index is 736. The summed E-state index contributed by atoms with van der Waals surface area (Å²) < 4.78 is 5.22. The number of rotatable bonds is 6. The van der Waals surface area contributed by atoms with Crippen molar-refractivity contribution in [1.82, 2.24) is 15.5 Å². The van der Waals surface area contributed by atoms with E-state index in [0.717, 1.165) is 42.9 Å². The van der Waals surface area contributed by atoms with Gasteiger partial charge in [-0.1, -0.05) is 23.7 Å². The van der Waals surface area contributed by atoms with Crippen LogP contribution in [0.15, 0.2) is 36.4 Å². The number of halogens is 1. The fraction of sp³-hybridized carbons (Fsp3) is 0.421. The van der Waals surface area contributed by atoms with Crippen molar-refractivity contribution in [3.8, 4) is 5.75 Å². The van der Waals surface area contributed by atoms with Crippen molar-refractivity contribution in [2.45, 2.75) is 31.2 Å². The number of carbonyl (C=O) groups excluding carboxylic acids is 1. The van der Waals surface area contributed by atoms with E-state index in [9.17, 15) is 4.79 Å². The quantitative estimate of drug-likeness (QED) is 0.841. The molecule has 6 nitrogen and oxygen atoms in total. The van der Waals surface area contributed by atoms with Crippen LogP contribution in [0, 0.1) is 0 Å². The van der Waals surface area contributed by atoms with Crippen molar-refractivity contribution in [3.63, 3.8) is 0 Å². The number of methoxy groups -OCH3 is 1. The van der Waals surface area contributed by atoms with E-state index in [-0.39, 0.29) is 17.9 Å². The summed E-state index contributed by atoms with van der Waals surface area (Å²) in [6.45, 7) is 0.907. The zero-order valence-electron chi connectivity index (χ0n) is 15.0. The van der Waals surface area contributed by atoms with Crippen molar-refractivity contribution in [2.24, 2.45) is 0 Å². The molecular formula is C19H23ClN4O2. The summed E-state index contributed by atoms with van der Waals surface area (Å²) in [6.07, 6.45) is 2.81. The Morgan fingerprint density at radius 1 is 1.31 bits per heavy atom. The second kappa shape index (κ2) is 8.36. The predicted octanol–water partition coefficient (Wildman–Crippen LogP) is 3.03. The van der Waals surface area contributed by atoms with E-state index in [4.69, 9.17) is 16.3 Å². The molecule has 7 heteroatoms. The molecule has 0 radical (unpaired) electrons. The van der Waals surface area contributed by atoms with Gasteiger partial charge in [-0.3, -0.25) is 4.79 Å². The monoisotopic (exact) mass is 374 g/mol. The lowest BCUT2D eigenvalue weighted by Gasteiger charge is -2.28. The summed E-state index contributed by atoms with van der Waals surface area (Å²) in [5, 5.41) is 11.3. The molecule has 1 N–H and O–H groups in total. The van der Waals surface area contributed by atoms with Gasteiger partial charge in [0.2, 0.25) is 5.91 Å². The molecular weight excluding hydrogens is 352 g/mol. The molecule has 0 saturated carbocycles. The van der Waals surface area contributed by atoms with E-state index in [1.807, 2.05) is 30.3 Å². The molecule has 138 valence electrons. The molecule has 0 aliphatic carbocycles. The maximum Gasteiger partial charge on any atom is 0.227 e. The van der Waals surface area contributed by atoms with Gasteiger partial charge in [0.15, 0.2) is 11.0 Å². The molecule has 1 amide bonds. The Balaban J connectivity index is 1.81. The number of ether oxygens (including phenoxy) is 1. The lowest BCUT2D eigenvalue weighted by molar-refractivity contribution is -0.122. The Kier molecular flexibility index (Phi) is 5.93. The average molecular weight is 375 g/mol. The van der Waals surface area contributed by atoms with Crippen LogP contribution in [0.2, 0.25) is 5.15 Å². The van der Waals surface area contributed by atoms with Crippen LogP contribution in [0.4, 0.5) is 5.82 Å². The highest BCUT2D eigenvalue weighted by Gasteiger charge is 2.31. The van der Waals surface area contributed by atoms with Gasteiger partial charge >= 0.3 is 0 Å². The van der Waals surface area contributed by atoms with E-state index < -0.39 is 0 Å². The third kappa shape index (κ3) is 4.07. The molecule has 2 atom stereocenters. The second-order valence-corrected chi connectivity index (χ2v) is 6.77. The summed E-state index contributed by atoms with van der Waals surface area (Å²) in [7, 11) is 3.31. The van der Waals surface area contributed by atoms with Gasteiger partial charge in [0.05, 0.1) is 13.0 Å². The lowest BCUT2D eigenvalue weighted by atomic mass is 9.90. The van der Waals surface area contributed by atoms with Crippen molar-refractivity contribution >= 4 is 23.3 Å². The third-order valence-electron chi connectivity index (χ3n) is 4.88. The molecule has 1 aliphatic heterocycles. The summed E-state index contributed by atoms with van der Waals surface area (Å²) >= 11 is 5.85. The summed E-state index contributed by atoms with van der Waals surface area (Å²) in [6, 6.07) is 11.6. The van der Waals surface area contributed by atoms with Gasteiger partial charge in [-0.05, 0) is 49.1 Å². The van der Waals surface area contributed by atoms with Crippen LogP contribution in [0.5, 0.6) is 5.75 Å². The zero-order valence-corrected chi connectivity index (χ0v) is 15.7. The van der Waals surface area contributed by atoms with Gasteiger partial charge in [-0.2, -0.15) is 0 Å². The number of aromatic nitrogens is 2. The highest BCUT2D eigenvalue weighted by molar-refractivity contribution is 6.29. The molecule has 0 bridgehead atoms. The topological polar surface area (TPSA) is 67.4 Å². The number of nitrogens with one attached hydrogen (secondary N) is 1. The second-order valence-electron chi connectivity index (χ2n) is 6.38. The number of carbonyl (C=O) groups is 1. The van der Waals surface area contributed by atoms with Crippen molar-refractivity contribution in [2.75, 3.05) is 25.6 Å². The van der Waals surface area contributed by atoms with E-state index in [1.165, 1.54) is 0 Å². The molecule has 1 aromatic carbocycles. The Labute approximate surface area is 158 Å². The van der Waals surface area contributed by atoms with Crippen LogP contribution in [-0.2, 0) is 4.79 Å². The van der Waals surface area contributed by atoms with Crippen LogP contribution in [-0.4, -0.2) is 42.8 Å². The molecule has 2 unspecified atom stereocenters. The van der Waals surface area contributed by atoms with E-state index in [1.54, 1.807) is 20.2 Å².